The van der Waals surface area contributed by atoms with Crippen molar-refractivity contribution in [1.29, 1.82) is 0 Å². The topological polar surface area (TPSA) is 57.6 Å². The summed E-state index contributed by atoms with van der Waals surface area (Å²) in [5.74, 6) is -0.707. The predicted molar refractivity (Wildman–Crippen MR) is 91.3 cm³/mol. The first-order valence-corrected chi connectivity index (χ1v) is 8.64. The van der Waals surface area contributed by atoms with Crippen LogP contribution in [-0.4, -0.2) is 23.3 Å². The first kappa shape index (κ1) is 16.2. The van der Waals surface area contributed by atoms with Crippen LogP contribution in [0, 0.1) is 0 Å². The number of hydrogen-bond donors (Lipinski definition) is 1. The second kappa shape index (κ2) is 6.07. The minimum atomic E-state index is -1.85. The number of ketones is 1. The van der Waals surface area contributed by atoms with Crippen molar-refractivity contribution >= 4 is 40.3 Å². The van der Waals surface area contributed by atoms with Crippen molar-refractivity contribution in [2.45, 2.75) is 25.4 Å². The number of aliphatic hydroxyl groups is 1. The normalized spacial score (nSPS) is 20.0. The number of carbonyl (C=O) groups excluding carboxylic acids is 2. The average molecular weight is 350 g/mol. The lowest BCUT2D eigenvalue weighted by Crippen LogP contribution is -2.42. The molecule has 23 heavy (non-hydrogen) atoms. The van der Waals surface area contributed by atoms with Gasteiger partial charge in [-0.3, -0.25) is 9.59 Å². The van der Waals surface area contributed by atoms with Crippen LogP contribution >= 0.6 is 22.9 Å². The summed E-state index contributed by atoms with van der Waals surface area (Å²) in [6.07, 6.45) is 0.475. The van der Waals surface area contributed by atoms with Crippen LogP contribution < -0.4 is 4.90 Å². The minimum absolute atomic E-state index is 0.250. The predicted octanol–water partition coefficient (Wildman–Crippen LogP) is 3.62. The van der Waals surface area contributed by atoms with Crippen LogP contribution in [0.15, 0.2) is 35.7 Å². The molecule has 1 N–H and O–H groups in total. The lowest BCUT2D eigenvalue weighted by Gasteiger charge is -2.22. The number of rotatable bonds is 5. The number of Topliss-reactive ketones (excluding diaryl/α,β-unsaturated/α-hetero) is 1. The standard InChI is InChI=1S/C17H16ClNO3S/c1-2-7-19-13-6-5-11(18)9-12(13)17(22,16(19)21)10-14(20)15-4-3-8-23-15/h3-6,8-9,22H,2,7,10H2,1H3. The molecule has 1 atom stereocenters. The van der Waals surface area contributed by atoms with Gasteiger partial charge in [0.25, 0.3) is 5.91 Å². The van der Waals surface area contributed by atoms with E-state index >= 15 is 0 Å². The molecule has 0 saturated heterocycles. The number of benzene rings is 1. The van der Waals surface area contributed by atoms with Crippen molar-refractivity contribution in [3.63, 3.8) is 0 Å². The molecule has 3 rings (SSSR count). The largest absolute Gasteiger partial charge is 0.375 e. The molecule has 0 bridgehead atoms. The van der Waals surface area contributed by atoms with Crippen LogP contribution in [0.25, 0.3) is 0 Å². The van der Waals surface area contributed by atoms with Crippen molar-refractivity contribution in [1.82, 2.24) is 0 Å². The molecule has 4 nitrogen and oxygen atoms in total. The van der Waals surface area contributed by atoms with E-state index in [0.29, 0.717) is 27.7 Å². The van der Waals surface area contributed by atoms with Gasteiger partial charge in [-0.15, -0.1) is 11.3 Å². The fraction of sp³-hybridized carbons (Fsp3) is 0.294. The molecule has 1 aliphatic heterocycles. The van der Waals surface area contributed by atoms with Crippen LogP contribution in [0.1, 0.15) is 35.0 Å². The number of carbonyl (C=O) groups is 2. The van der Waals surface area contributed by atoms with Gasteiger partial charge in [-0.25, -0.2) is 0 Å². The molecule has 120 valence electrons. The Bertz CT molecular complexity index is 759. The van der Waals surface area contributed by atoms with E-state index in [1.165, 1.54) is 16.2 Å². The summed E-state index contributed by atoms with van der Waals surface area (Å²) in [5.41, 5.74) is -0.813. The molecule has 1 aliphatic rings. The highest BCUT2D eigenvalue weighted by Gasteiger charge is 2.50. The Labute approximate surface area is 143 Å². The molecule has 1 unspecified atom stereocenters. The first-order valence-electron chi connectivity index (χ1n) is 7.38. The molecular weight excluding hydrogens is 334 g/mol. The second-order valence-corrected chi connectivity index (χ2v) is 6.94. The molecule has 0 spiro atoms. The molecule has 1 aromatic carbocycles. The van der Waals surface area contributed by atoms with Gasteiger partial charge >= 0.3 is 0 Å². The van der Waals surface area contributed by atoms with Crippen LogP contribution in [0.3, 0.4) is 0 Å². The Morgan fingerprint density at radius 3 is 2.83 bits per heavy atom. The van der Waals surface area contributed by atoms with Gasteiger partial charge in [-0.2, -0.15) is 0 Å². The van der Waals surface area contributed by atoms with E-state index in [-0.39, 0.29) is 12.2 Å². The minimum Gasteiger partial charge on any atom is -0.375 e. The van der Waals surface area contributed by atoms with E-state index in [2.05, 4.69) is 0 Å². The number of amides is 1. The summed E-state index contributed by atoms with van der Waals surface area (Å²) in [5, 5.41) is 13.3. The maximum absolute atomic E-state index is 12.8. The van der Waals surface area contributed by atoms with Crippen LogP contribution in [-0.2, 0) is 10.4 Å². The van der Waals surface area contributed by atoms with Gasteiger partial charge in [0.2, 0.25) is 0 Å². The smallest absolute Gasteiger partial charge is 0.264 e. The molecule has 2 aromatic rings. The first-order chi connectivity index (χ1) is 11.0. The van der Waals surface area contributed by atoms with Crippen molar-refractivity contribution in [3.8, 4) is 0 Å². The zero-order valence-corrected chi connectivity index (χ0v) is 14.2. The fourth-order valence-corrected chi connectivity index (χ4v) is 3.73. The Balaban J connectivity index is 2.02. The van der Waals surface area contributed by atoms with Gasteiger partial charge in [0.05, 0.1) is 17.0 Å². The Morgan fingerprint density at radius 2 is 2.17 bits per heavy atom. The third kappa shape index (κ3) is 2.69. The number of fused-ring (bicyclic) bond motifs is 1. The number of hydrogen-bond acceptors (Lipinski definition) is 4. The van der Waals surface area contributed by atoms with Crippen molar-refractivity contribution in [3.05, 3.63) is 51.2 Å². The van der Waals surface area contributed by atoms with Crippen LogP contribution in [0.4, 0.5) is 5.69 Å². The highest BCUT2D eigenvalue weighted by molar-refractivity contribution is 7.12. The van der Waals surface area contributed by atoms with Crippen LogP contribution in [0.5, 0.6) is 0 Å². The molecular formula is C17H16ClNO3S. The van der Waals surface area contributed by atoms with E-state index in [1.807, 2.05) is 6.92 Å². The van der Waals surface area contributed by atoms with Gasteiger partial charge in [-0.05, 0) is 36.1 Å². The summed E-state index contributed by atoms with van der Waals surface area (Å²) in [6.45, 7) is 2.44. The van der Waals surface area contributed by atoms with Gasteiger partial charge in [0.1, 0.15) is 0 Å². The maximum Gasteiger partial charge on any atom is 0.264 e. The molecule has 6 heteroatoms. The summed E-state index contributed by atoms with van der Waals surface area (Å²) in [4.78, 5) is 27.3. The van der Waals surface area contributed by atoms with E-state index < -0.39 is 11.5 Å². The van der Waals surface area contributed by atoms with Gasteiger partial charge in [0, 0.05) is 17.1 Å². The van der Waals surface area contributed by atoms with Gasteiger partial charge < -0.3 is 10.0 Å². The average Bonchev–Trinajstić information content (AvgIpc) is 3.11. The summed E-state index contributed by atoms with van der Waals surface area (Å²) in [7, 11) is 0. The molecule has 2 heterocycles. The fourth-order valence-electron chi connectivity index (χ4n) is 2.90. The molecule has 0 radical (unpaired) electrons. The van der Waals surface area contributed by atoms with Crippen molar-refractivity contribution < 1.29 is 14.7 Å². The zero-order chi connectivity index (χ0) is 16.6. The summed E-state index contributed by atoms with van der Waals surface area (Å²) < 4.78 is 0. The number of thiophene rings is 1. The highest BCUT2D eigenvalue weighted by Crippen LogP contribution is 2.44. The van der Waals surface area contributed by atoms with E-state index in [9.17, 15) is 14.7 Å². The van der Waals surface area contributed by atoms with Crippen molar-refractivity contribution in [2.24, 2.45) is 0 Å². The molecule has 1 amide bonds. The van der Waals surface area contributed by atoms with Crippen molar-refractivity contribution in [2.75, 3.05) is 11.4 Å². The Morgan fingerprint density at radius 1 is 1.39 bits per heavy atom. The van der Waals surface area contributed by atoms with E-state index in [0.717, 1.165) is 6.42 Å². The molecule has 1 aromatic heterocycles. The van der Waals surface area contributed by atoms with Crippen LogP contribution in [0.2, 0.25) is 5.02 Å². The summed E-state index contributed by atoms with van der Waals surface area (Å²) in [6, 6.07) is 8.44. The lowest BCUT2D eigenvalue weighted by atomic mass is 9.89. The number of halogens is 1. The maximum atomic E-state index is 12.8. The lowest BCUT2D eigenvalue weighted by molar-refractivity contribution is -0.135. The van der Waals surface area contributed by atoms with Gasteiger partial charge in [0.15, 0.2) is 11.4 Å². The quantitative estimate of drug-likeness (QED) is 0.839. The highest BCUT2D eigenvalue weighted by atomic mass is 35.5. The monoisotopic (exact) mass is 349 g/mol. The number of anilines is 1. The zero-order valence-electron chi connectivity index (χ0n) is 12.6. The van der Waals surface area contributed by atoms with E-state index in [1.54, 1.807) is 35.7 Å². The molecule has 0 aliphatic carbocycles. The SMILES string of the molecule is CCCN1C(=O)C(O)(CC(=O)c2cccs2)c2cc(Cl)ccc21. The molecule has 0 fully saturated rings. The second-order valence-electron chi connectivity index (χ2n) is 5.56. The summed E-state index contributed by atoms with van der Waals surface area (Å²) >= 11 is 7.33. The molecule has 0 saturated carbocycles. The van der Waals surface area contributed by atoms with E-state index in [4.69, 9.17) is 11.6 Å². The Kier molecular flexibility index (Phi) is 4.27. The Hall–Kier alpha value is -1.69. The third-order valence-corrected chi connectivity index (χ3v) is 5.10. The van der Waals surface area contributed by atoms with Gasteiger partial charge in [-0.1, -0.05) is 24.6 Å². The number of nitrogens with zero attached hydrogens (tertiary/aromatic N) is 1. The third-order valence-electron chi connectivity index (χ3n) is 3.95.